The van der Waals surface area contributed by atoms with E-state index in [0.717, 1.165) is 17.7 Å². The molecular weight excluding hydrogens is 256 g/mol. The first-order valence-electron chi connectivity index (χ1n) is 7.55. The Kier molecular flexibility index (Phi) is 4.03. The van der Waals surface area contributed by atoms with Crippen LogP contribution >= 0.6 is 0 Å². The number of hydrogen-bond acceptors (Lipinski definition) is 2. The Bertz CT molecular complexity index is 669. The highest BCUT2D eigenvalue weighted by molar-refractivity contribution is 5.38. The summed E-state index contributed by atoms with van der Waals surface area (Å²) in [5.74, 6) is 0. The van der Waals surface area contributed by atoms with Crippen LogP contribution < -0.4 is 0 Å². The molecule has 0 aliphatic heterocycles. The number of aryl methyl sites for hydroxylation is 1. The maximum atomic E-state index is 9.23. The summed E-state index contributed by atoms with van der Waals surface area (Å²) in [6, 6.07) is 19.4. The zero-order chi connectivity index (χ0) is 14.7. The second-order valence-electron chi connectivity index (χ2n) is 5.79. The summed E-state index contributed by atoms with van der Waals surface area (Å²) in [4.78, 5) is 2.38. The largest absolute Gasteiger partial charge is 0.295 e. The van der Waals surface area contributed by atoms with Gasteiger partial charge < -0.3 is 0 Å². The van der Waals surface area contributed by atoms with E-state index in [4.69, 9.17) is 0 Å². The van der Waals surface area contributed by atoms with Crippen LogP contribution in [0.2, 0.25) is 0 Å². The molecule has 0 amide bonds. The Labute approximate surface area is 126 Å². The lowest BCUT2D eigenvalue weighted by Gasteiger charge is -2.33. The molecule has 0 N–H and O–H groups in total. The van der Waals surface area contributed by atoms with Crippen LogP contribution in [0.4, 0.5) is 0 Å². The van der Waals surface area contributed by atoms with Gasteiger partial charge in [0.25, 0.3) is 0 Å². The minimum atomic E-state index is 0.460. The van der Waals surface area contributed by atoms with E-state index in [9.17, 15) is 5.26 Å². The minimum Gasteiger partial charge on any atom is -0.295 e. The molecule has 106 valence electrons. The molecule has 0 fully saturated rings. The van der Waals surface area contributed by atoms with E-state index in [2.05, 4.69) is 48.3 Å². The van der Waals surface area contributed by atoms with Crippen molar-refractivity contribution in [3.8, 4) is 6.07 Å². The van der Waals surface area contributed by atoms with Crippen LogP contribution in [0.15, 0.2) is 48.5 Å². The molecule has 0 spiro atoms. The molecule has 0 unspecified atom stereocenters. The van der Waals surface area contributed by atoms with Crippen molar-refractivity contribution in [2.24, 2.45) is 0 Å². The van der Waals surface area contributed by atoms with E-state index in [-0.39, 0.29) is 0 Å². The van der Waals surface area contributed by atoms with Gasteiger partial charge in [-0.2, -0.15) is 5.26 Å². The van der Waals surface area contributed by atoms with E-state index in [1.165, 1.54) is 30.4 Å². The first kappa shape index (κ1) is 13.9. The zero-order valence-corrected chi connectivity index (χ0v) is 12.4. The molecule has 0 saturated carbocycles. The van der Waals surface area contributed by atoms with Crippen molar-refractivity contribution >= 4 is 0 Å². The molecule has 1 aliphatic rings. The lowest BCUT2D eigenvalue weighted by molar-refractivity contribution is 0.213. The Morgan fingerprint density at radius 2 is 1.90 bits per heavy atom. The molecular formula is C19H20N2. The summed E-state index contributed by atoms with van der Waals surface area (Å²) in [5.41, 5.74) is 4.84. The van der Waals surface area contributed by atoms with Gasteiger partial charge in [-0.05, 0) is 49.1 Å². The maximum absolute atomic E-state index is 9.23. The van der Waals surface area contributed by atoms with Gasteiger partial charge in [0.15, 0.2) is 0 Å². The first-order valence-corrected chi connectivity index (χ1v) is 7.55. The Morgan fingerprint density at radius 1 is 1.14 bits per heavy atom. The molecule has 0 bridgehead atoms. The van der Waals surface area contributed by atoms with Gasteiger partial charge in [0, 0.05) is 12.6 Å². The smallest absolute Gasteiger partial charge is 0.0995 e. The molecule has 2 aromatic rings. The summed E-state index contributed by atoms with van der Waals surface area (Å²) in [6.45, 7) is 0.822. The average Bonchev–Trinajstić information content (AvgIpc) is 2.54. The molecule has 2 nitrogen and oxygen atoms in total. The highest BCUT2D eigenvalue weighted by atomic mass is 15.1. The fraction of sp³-hybridized carbons (Fsp3) is 0.316. The summed E-state index contributed by atoms with van der Waals surface area (Å²) in [6.07, 6.45) is 3.63. The monoisotopic (exact) mass is 276 g/mol. The van der Waals surface area contributed by atoms with Crippen LogP contribution in [-0.4, -0.2) is 11.9 Å². The van der Waals surface area contributed by atoms with E-state index >= 15 is 0 Å². The van der Waals surface area contributed by atoms with Gasteiger partial charge in [-0.15, -0.1) is 0 Å². The van der Waals surface area contributed by atoms with Crippen molar-refractivity contribution in [3.63, 3.8) is 0 Å². The third-order valence-electron chi connectivity index (χ3n) is 4.43. The van der Waals surface area contributed by atoms with Crippen molar-refractivity contribution in [2.45, 2.75) is 31.8 Å². The van der Waals surface area contributed by atoms with Gasteiger partial charge >= 0.3 is 0 Å². The SMILES string of the molecule is CN(Cc1ccccc1C#N)[C@@H]1CCCc2ccccc21. The highest BCUT2D eigenvalue weighted by Crippen LogP contribution is 2.34. The average molecular weight is 276 g/mol. The molecule has 2 heteroatoms. The molecule has 0 saturated heterocycles. The topological polar surface area (TPSA) is 27.0 Å². The minimum absolute atomic E-state index is 0.460. The Hall–Kier alpha value is -2.11. The number of hydrogen-bond donors (Lipinski definition) is 0. The fourth-order valence-corrected chi connectivity index (χ4v) is 3.33. The molecule has 0 heterocycles. The van der Waals surface area contributed by atoms with Crippen LogP contribution in [0.5, 0.6) is 0 Å². The number of fused-ring (bicyclic) bond motifs is 1. The van der Waals surface area contributed by atoms with Crippen molar-refractivity contribution in [2.75, 3.05) is 7.05 Å². The predicted molar refractivity (Wildman–Crippen MR) is 84.7 cm³/mol. The molecule has 21 heavy (non-hydrogen) atoms. The Morgan fingerprint density at radius 3 is 2.76 bits per heavy atom. The normalized spacial score (nSPS) is 17.3. The van der Waals surface area contributed by atoms with E-state index < -0.39 is 0 Å². The van der Waals surface area contributed by atoms with Gasteiger partial charge in [-0.3, -0.25) is 4.90 Å². The predicted octanol–water partition coefficient (Wildman–Crippen LogP) is 4.07. The lowest BCUT2D eigenvalue weighted by atomic mass is 9.87. The summed E-state index contributed by atoms with van der Waals surface area (Å²) >= 11 is 0. The van der Waals surface area contributed by atoms with E-state index in [1.807, 2.05) is 18.2 Å². The van der Waals surface area contributed by atoms with Gasteiger partial charge in [0.1, 0.15) is 0 Å². The van der Waals surface area contributed by atoms with Gasteiger partial charge in [-0.25, -0.2) is 0 Å². The van der Waals surface area contributed by atoms with Crippen LogP contribution in [0.3, 0.4) is 0 Å². The second-order valence-corrected chi connectivity index (χ2v) is 5.79. The second kappa shape index (κ2) is 6.11. The first-order chi connectivity index (χ1) is 10.3. The standard InChI is InChI=1S/C19H20N2/c1-21(14-17-9-3-2-8-16(17)13-20)19-12-6-10-15-7-4-5-11-18(15)19/h2-5,7-9,11,19H,6,10,12,14H2,1H3/t19-/m1/s1. The van der Waals surface area contributed by atoms with Crippen LogP contribution in [0, 0.1) is 11.3 Å². The van der Waals surface area contributed by atoms with Crippen LogP contribution in [-0.2, 0) is 13.0 Å². The molecule has 1 atom stereocenters. The van der Waals surface area contributed by atoms with E-state index in [1.54, 1.807) is 0 Å². The zero-order valence-electron chi connectivity index (χ0n) is 12.4. The lowest BCUT2D eigenvalue weighted by Crippen LogP contribution is -2.27. The van der Waals surface area contributed by atoms with Crippen molar-refractivity contribution in [3.05, 3.63) is 70.8 Å². The van der Waals surface area contributed by atoms with Crippen molar-refractivity contribution in [1.29, 1.82) is 5.26 Å². The molecule has 3 rings (SSSR count). The molecule has 0 radical (unpaired) electrons. The quantitative estimate of drug-likeness (QED) is 0.845. The van der Waals surface area contributed by atoms with Gasteiger partial charge in [0.05, 0.1) is 11.6 Å². The number of nitrogens with zero attached hydrogens (tertiary/aromatic N) is 2. The van der Waals surface area contributed by atoms with Crippen LogP contribution in [0.25, 0.3) is 0 Å². The molecule has 1 aliphatic carbocycles. The van der Waals surface area contributed by atoms with E-state index in [0.29, 0.717) is 6.04 Å². The fourth-order valence-electron chi connectivity index (χ4n) is 3.33. The molecule has 2 aromatic carbocycles. The molecule has 0 aromatic heterocycles. The summed E-state index contributed by atoms with van der Waals surface area (Å²) in [7, 11) is 2.17. The van der Waals surface area contributed by atoms with Gasteiger partial charge in [0.2, 0.25) is 0 Å². The van der Waals surface area contributed by atoms with Gasteiger partial charge in [-0.1, -0.05) is 42.5 Å². The third kappa shape index (κ3) is 2.84. The number of rotatable bonds is 3. The maximum Gasteiger partial charge on any atom is 0.0995 e. The Balaban J connectivity index is 1.84. The number of benzene rings is 2. The number of nitriles is 1. The van der Waals surface area contributed by atoms with Crippen LogP contribution in [0.1, 0.15) is 41.1 Å². The van der Waals surface area contributed by atoms with Crippen molar-refractivity contribution in [1.82, 2.24) is 4.90 Å². The summed E-state index contributed by atoms with van der Waals surface area (Å²) in [5, 5.41) is 9.23. The third-order valence-corrected chi connectivity index (χ3v) is 4.43. The van der Waals surface area contributed by atoms with Crippen molar-refractivity contribution < 1.29 is 0 Å². The summed E-state index contributed by atoms with van der Waals surface area (Å²) < 4.78 is 0. The highest BCUT2D eigenvalue weighted by Gasteiger charge is 2.23.